The van der Waals surface area contributed by atoms with E-state index in [1.807, 2.05) is 20.8 Å². The third-order valence-electron chi connectivity index (χ3n) is 2.27. The van der Waals surface area contributed by atoms with E-state index in [0.717, 1.165) is 19.4 Å². The Kier molecular flexibility index (Phi) is 6.53. The smallest absolute Gasteiger partial charge is 0.407 e. The van der Waals surface area contributed by atoms with Crippen molar-refractivity contribution in [1.29, 1.82) is 0 Å². The highest BCUT2D eigenvalue weighted by molar-refractivity contribution is 5.67. The highest BCUT2D eigenvalue weighted by Gasteiger charge is 2.17. The van der Waals surface area contributed by atoms with Gasteiger partial charge < -0.3 is 15.4 Å². The van der Waals surface area contributed by atoms with Crippen molar-refractivity contribution in [3.63, 3.8) is 0 Å². The van der Waals surface area contributed by atoms with Crippen LogP contribution in [-0.4, -0.2) is 30.3 Å². The maximum absolute atomic E-state index is 11.3. The zero-order chi connectivity index (χ0) is 13.5. The maximum Gasteiger partial charge on any atom is 0.407 e. The minimum atomic E-state index is -0.432. The standard InChI is InChI=1S/C13H28N2O2/c1-7-8-13(5,6)15-10-9-14-11(16)17-12(2,3)4/h15H,7-10H2,1-6H3,(H,14,16). The zero-order valence-electron chi connectivity index (χ0n) is 12.1. The number of carbonyl (C=O) groups is 1. The molecule has 0 aliphatic carbocycles. The predicted molar refractivity (Wildman–Crippen MR) is 71.2 cm³/mol. The average molecular weight is 244 g/mol. The van der Waals surface area contributed by atoms with Crippen molar-refractivity contribution >= 4 is 6.09 Å². The molecule has 0 atom stereocenters. The van der Waals surface area contributed by atoms with Crippen LogP contribution in [0, 0.1) is 0 Å². The molecule has 0 aliphatic rings. The normalized spacial score (nSPS) is 12.4. The summed E-state index contributed by atoms with van der Waals surface area (Å²) in [7, 11) is 0. The summed E-state index contributed by atoms with van der Waals surface area (Å²) in [5.74, 6) is 0. The number of amides is 1. The summed E-state index contributed by atoms with van der Waals surface area (Å²) < 4.78 is 5.14. The molecule has 0 aromatic heterocycles. The van der Waals surface area contributed by atoms with Crippen molar-refractivity contribution in [2.24, 2.45) is 0 Å². The highest BCUT2D eigenvalue weighted by atomic mass is 16.6. The molecule has 1 amide bonds. The van der Waals surface area contributed by atoms with Crippen LogP contribution < -0.4 is 10.6 Å². The maximum atomic E-state index is 11.3. The second-order valence-electron chi connectivity index (χ2n) is 5.99. The van der Waals surface area contributed by atoms with Gasteiger partial charge in [-0.2, -0.15) is 0 Å². The van der Waals surface area contributed by atoms with Crippen LogP contribution >= 0.6 is 0 Å². The van der Waals surface area contributed by atoms with Gasteiger partial charge >= 0.3 is 6.09 Å². The Morgan fingerprint density at radius 3 is 2.18 bits per heavy atom. The first kappa shape index (κ1) is 16.2. The van der Waals surface area contributed by atoms with E-state index in [9.17, 15) is 4.79 Å². The SMILES string of the molecule is CCCC(C)(C)NCCNC(=O)OC(C)(C)C. The quantitative estimate of drug-likeness (QED) is 0.706. The summed E-state index contributed by atoms with van der Waals surface area (Å²) in [5.41, 5.74) is -0.302. The summed E-state index contributed by atoms with van der Waals surface area (Å²) >= 11 is 0. The van der Waals surface area contributed by atoms with Gasteiger partial charge in [-0.1, -0.05) is 13.3 Å². The van der Waals surface area contributed by atoms with Gasteiger partial charge in [0.15, 0.2) is 0 Å². The molecule has 17 heavy (non-hydrogen) atoms. The van der Waals surface area contributed by atoms with Crippen LogP contribution in [0.15, 0.2) is 0 Å². The van der Waals surface area contributed by atoms with Gasteiger partial charge in [-0.3, -0.25) is 0 Å². The summed E-state index contributed by atoms with van der Waals surface area (Å²) in [4.78, 5) is 11.3. The van der Waals surface area contributed by atoms with Gasteiger partial charge in [0.25, 0.3) is 0 Å². The number of ether oxygens (including phenoxy) is 1. The number of hydrogen-bond donors (Lipinski definition) is 2. The molecule has 0 saturated heterocycles. The van der Waals surface area contributed by atoms with Crippen LogP contribution in [0.25, 0.3) is 0 Å². The van der Waals surface area contributed by atoms with Crippen molar-refractivity contribution in [3.8, 4) is 0 Å². The number of nitrogens with one attached hydrogen (secondary N) is 2. The van der Waals surface area contributed by atoms with Gasteiger partial charge in [0.2, 0.25) is 0 Å². The minimum Gasteiger partial charge on any atom is -0.444 e. The third kappa shape index (κ3) is 10.1. The van der Waals surface area contributed by atoms with Crippen LogP contribution in [0.5, 0.6) is 0 Å². The lowest BCUT2D eigenvalue weighted by molar-refractivity contribution is 0.0527. The first-order valence-corrected chi connectivity index (χ1v) is 6.38. The monoisotopic (exact) mass is 244 g/mol. The van der Waals surface area contributed by atoms with Gasteiger partial charge in [-0.25, -0.2) is 4.79 Å². The van der Waals surface area contributed by atoms with E-state index in [0.29, 0.717) is 6.54 Å². The van der Waals surface area contributed by atoms with Gasteiger partial charge in [0.05, 0.1) is 0 Å². The van der Waals surface area contributed by atoms with Crippen molar-refractivity contribution in [3.05, 3.63) is 0 Å². The third-order valence-corrected chi connectivity index (χ3v) is 2.27. The molecule has 0 rings (SSSR count). The van der Waals surface area contributed by atoms with Gasteiger partial charge in [-0.15, -0.1) is 0 Å². The number of rotatable bonds is 6. The fourth-order valence-corrected chi connectivity index (χ4v) is 1.59. The molecule has 0 aliphatic heterocycles. The average Bonchev–Trinajstić information content (AvgIpc) is 2.09. The lowest BCUT2D eigenvalue weighted by atomic mass is 9.99. The van der Waals surface area contributed by atoms with Crippen LogP contribution in [0.2, 0.25) is 0 Å². The molecule has 0 fully saturated rings. The Morgan fingerprint density at radius 1 is 1.12 bits per heavy atom. The summed E-state index contributed by atoms with van der Waals surface area (Å²) in [6.45, 7) is 13.4. The van der Waals surface area contributed by atoms with E-state index in [-0.39, 0.29) is 11.6 Å². The topological polar surface area (TPSA) is 50.4 Å². The van der Waals surface area contributed by atoms with Crippen molar-refractivity contribution in [2.75, 3.05) is 13.1 Å². The molecule has 0 saturated carbocycles. The lowest BCUT2D eigenvalue weighted by Crippen LogP contribution is -2.44. The minimum absolute atomic E-state index is 0.129. The molecule has 4 heteroatoms. The van der Waals surface area contributed by atoms with E-state index >= 15 is 0 Å². The fraction of sp³-hybridized carbons (Fsp3) is 0.923. The lowest BCUT2D eigenvalue weighted by Gasteiger charge is -2.26. The Morgan fingerprint density at radius 2 is 1.71 bits per heavy atom. The Balaban J connectivity index is 3.68. The van der Waals surface area contributed by atoms with E-state index < -0.39 is 5.60 Å². The Labute approximate surface area is 105 Å². The Hall–Kier alpha value is -0.770. The largest absolute Gasteiger partial charge is 0.444 e. The first-order chi connectivity index (χ1) is 7.66. The number of carbonyl (C=O) groups excluding carboxylic acids is 1. The molecule has 102 valence electrons. The fourth-order valence-electron chi connectivity index (χ4n) is 1.59. The Bertz CT molecular complexity index is 232. The molecule has 0 bridgehead atoms. The first-order valence-electron chi connectivity index (χ1n) is 6.38. The van der Waals surface area contributed by atoms with E-state index in [1.165, 1.54) is 0 Å². The summed E-state index contributed by atoms with van der Waals surface area (Å²) in [6, 6.07) is 0. The second-order valence-corrected chi connectivity index (χ2v) is 5.99. The predicted octanol–water partition coefficient (Wildman–Crippen LogP) is 2.68. The summed E-state index contributed by atoms with van der Waals surface area (Å²) in [5, 5.41) is 6.14. The molecule has 0 radical (unpaired) electrons. The van der Waals surface area contributed by atoms with Crippen LogP contribution in [0.4, 0.5) is 4.79 Å². The molecular weight excluding hydrogens is 216 g/mol. The van der Waals surface area contributed by atoms with Crippen molar-refractivity contribution in [1.82, 2.24) is 10.6 Å². The van der Waals surface area contributed by atoms with Crippen molar-refractivity contribution < 1.29 is 9.53 Å². The molecule has 0 aromatic rings. The van der Waals surface area contributed by atoms with Crippen LogP contribution in [0.1, 0.15) is 54.4 Å². The van der Waals surface area contributed by atoms with Crippen molar-refractivity contribution in [2.45, 2.75) is 65.5 Å². The molecule has 0 spiro atoms. The zero-order valence-corrected chi connectivity index (χ0v) is 12.1. The molecule has 4 nitrogen and oxygen atoms in total. The van der Waals surface area contributed by atoms with E-state index in [4.69, 9.17) is 4.74 Å². The molecule has 0 heterocycles. The number of hydrogen-bond acceptors (Lipinski definition) is 3. The van der Waals surface area contributed by atoms with Gasteiger partial charge in [0, 0.05) is 18.6 Å². The van der Waals surface area contributed by atoms with E-state index in [1.54, 1.807) is 0 Å². The molecule has 2 N–H and O–H groups in total. The van der Waals surface area contributed by atoms with Gasteiger partial charge in [0.1, 0.15) is 5.60 Å². The molecule has 0 aromatic carbocycles. The van der Waals surface area contributed by atoms with Crippen LogP contribution in [0.3, 0.4) is 0 Å². The van der Waals surface area contributed by atoms with Gasteiger partial charge in [-0.05, 0) is 41.0 Å². The molecule has 0 unspecified atom stereocenters. The second kappa shape index (κ2) is 6.84. The van der Waals surface area contributed by atoms with E-state index in [2.05, 4.69) is 31.4 Å². The summed E-state index contributed by atoms with van der Waals surface area (Å²) in [6.07, 6.45) is 1.92. The number of alkyl carbamates (subject to hydrolysis) is 1. The van der Waals surface area contributed by atoms with Crippen LogP contribution in [-0.2, 0) is 4.74 Å². The highest BCUT2D eigenvalue weighted by Crippen LogP contribution is 2.09. The molecular formula is C13H28N2O2.